The quantitative estimate of drug-likeness (QED) is 0.717. The van der Waals surface area contributed by atoms with Crippen LogP contribution in [0.3, 0.4) is 0 Å². The molecule has 0 bridgehead atoms. The first kappa shape index (κ1) is 19.8. The lowest BCUT2D eigenvalue weighted by Gasteiger charge is -2.32. The summed E-state index contributed by atoms with van der Waals surface area (Å²) in [7, 11) is -3.50. The van der Waals surface area contributed by atoms with Gasteiger partial charge in [-0.3, -0.25) is 4.90 Å². The second-order valence-corrected chi connectivity index (χ2v) is 9.01. The minimum absolute atomic E-state index is 0.0895. The van der Waals surface area contributed by atoms with E-state index in [-0.39, 0.29) is 6.10 Å². The summed E-state index contributed by atoms with van der Waals surface area (Å²) in [5.74, 6) is 0. The van der Waals surface area contributed by atoms with Gasteiger partial charge in [0.05, 0.1) is 17.6 Å². The van der Waals surface area contributed by atoms with Crippen molar-refractivity contribution in [1.82, 2.24) is 14.9 Å². The number of morpholine rings is 1. The number of ether oxygens (including phenoxy) is 1. The van der Waals surface area contributed by atoms with Gasteiger partial charge in [0.1, 0.15) is 0 Å². The smallest absolute Gasteiger partial charge is 0.240 e. The Balaban J connectivity index is 1.50. The molecule has 1 saturated heterocycles. The third-order valence-corrected chi connectivity index (χ3v) is 6.79. The molecule has 0 radical (unpaired) electrons. The van der Waals surface area contributed by atoms with E-state index >= 15 is 0 Å². The molecule has 1 unspecified atom stereocenters. The molecule has 2 aliphatic rings. The molecule has 1 aromatic carbocycles. The molecule has 7 heteroatoms. The minimum Gasteiger partial charge on any atom is -0.374 e. The maximum absolute atomic E-state index is 12.5. The average Bonchev–Trinajstić information content (AvgIpc) is 3.19. The molecule has 3 rings (SSSR count). The second kappa shape index (κ2) is 9.28. The standard InChI is InChI=1S/C19H31N3O3S/c1-2-22-11-12-25-18(15-22)14-21-26(23,24)19-9-7-16(8-10-19)13-20-17-5-3-4-6-17/h7-10,17-18,20-21H,2-6,11-15H2,1H3. The molecule has 1 aliphatic heterocycles. The van der Waals surface area contributed by atoms with Crippen LogP contribution >= 0.6 is 0 Å². The Hall–Kier alpha value is -0.990. The fraction of sp³-hybridized carbons (Fsp3) is 0.684. The summed E-state index contributed by atoms with van der Waals surface area (Å²) < 4.78 is 33.4. The largest absolute Gasteiger partial charge is 0.374 e. The number of benzene rings is 1. The van der Waals surface area contributed by atoms with Crippen LogP contribution in [0.5, 0.6) is 0 Å². The summed E-state index contributed by atoms with van der Waals surface area (Å²) >= 11 is 0. The molecule has 0 aromatic heterocycles. The normalized spacial score (nSPS) is 22.7. The minimum atomic E-state index is -3.50. The van der Waals surface area contributed by atoms with Crippen molar-refractivity contribution in [3.63, 3.8) is 0 Å². The Morgan fingerprint density at radius 2 is 1.92 bits per heavy atom. The van der Waals surface area contributed by atoms with Gasteiger partial charge in [-0.25, -0.2) is 13.1 Å². The summed E-state index contributed by atoms with van der Waals surface area (Å²) in [6.07, 6.45) is 5.01. The van der Waals surface area contributed by atoms with Crippen LogP contribution < -0.4 is 10.0 Å². The van der Waals surface area contributed by atoms with Gasteiger partial charge in [-0.1, -0.05) is 31.9 Å². The van der Waals surface area contributed by atoms with Crippen LogP contribution in [0.4, 0.5) is 0 Å². The first-order valence-corrected chi connectivity index (χ1v) is 11.2. The number of nitrogens with one attached hydrogen (secondary N) is 2. The van der Waals surface area contributed by atoms with Gasteiger partial charge < -0.3 is 10.1 Å². The van der Waals surface area contributed by atoms with Crippen molar-refractivity contribution >= 4 is 10.0 Å². The van der Waals surface area contributed by atoms with Crippen LogP contribution in [0.1, 0.15) is 38.2 Å². The predicted molar refractivity (Wildman–Crippen MR) is 103 cm³/mol. The summed E-state index contributed by atoms with van der Waals surface area (Å²) in [6, 6.07) is 7.78. The van der Waals surface area contributed by atoms with Crippen molar-refractivity contribution < 1.29 is 13.2 Å². The zero-order valence-corrected chi connectivity index (χ0v) is 16.4. The molecule has 1 heterocycles. The van der Waals surface area contributed by atoms with Crippen LogP contribution in [0.2, 0.25) is 0 Å². The Bertz CT molecular complexity index is 657. The third-order valence-electron chi connectivity index (χ3n) is 5.35. The summed E-state index contributed by atoms with van der Waals surface area (Å²) in [4.78, 5) is 2.58. The maximum atomic E-state index is 12.5. The number of hydrogen-bond donors (Lipinski definition) is 2. The highest BCUT2D eigenvalue weighted by atomic mass is 32.2. The van der Waals surface area contributed by atoms with Gasteiger partial charge in [0, 0.05) is 32.2 Å². The van der Waals surface area contributed by atoms with Crippen LogP contribution in [0, 0.1) is 0 Å². The number of hydrogen-bond acceptors (Lipinski definition) is 5. The lowest BCUT2D eigenvalue weighted by atomic mass is 10.2. The summed E-state index contributed by atoms with van der Waals surface area (Å²) in [5.41, 5.74) is 1.12. The lowest BCUT2D eigenvalue weighted by molar-refractivity contribution is -0.0229. The molecule has 1 aromatic rings. The molecule has 0 spiro atoms. The van der Waals surface area contributed by atoms with Gasteiger partial charge >= 0.3 is 0 Å². The van der Waals surface area contributed by atoms with Gasteiger partial charge in [-0.2, -0.15) is 0 Å². The summed E-state index contributed by atoms with van der Waals surface area (Å²) in [5, 5.41) is 3.55. The zero-order chi connectivity index (χ0) is 18.4. The van der Waals surface area contributed by atoms with E-state index in [0.717, 1.165) is 31.7 Å². The fourth-order valence-electron chi connectivity index (χ4n) is 3.66. The van der Waals surface area contributed by atoms with Crippen molar-refractivity contribution in [2.24, 2.45) is 0 Å². The van der Waals surface area contributed by atoms with E-state index in [0.29, 0.717) is 24.1 Å². The van der Waals surface area contributed by atoms with Gasteiger partial charge in [-0.05, 0) is 37.1 Å². The Labute approximate surface area is 157 Å². The van der Waals surface area contributed by atoms with E-state index in [1.807, 2.05) is 12.1 Å². The maximum Gasteiger partial charge on any atom is 0.240 e. The third kappa shape index (κ3) is 5.50. The topological polar surface area (TPSA) is 70.7 Å². The van der Waals surface area contributed by atoms with Crippen molar-refractivity contribution in [2.45, 2.75) is 56.2 Å². The van der Waals surface area contributed by atoms with E-state index in [1.165, 1.54) is 25.7 Å². The monoisotopic (exact) mass is 381 g/mol. The number of sulfonamides is 1. The molecule has 2 N–H and O–H groups in total. The van der Waals surface area contributed by atoms with Crippen LogP contribution in [0.15, 0.2) is 29.2 Å². The summed E-state index contributed by atoms with van der Waals surface area (Å²) in [6.45, 7) is 6.51. The molecular weight excluding hydrogens is 350 g/mol. The van der Waals surface area contributed by atoms with Crippen LogP contribution in [-0.4, -0.2) is 58.2 Å². The Kier molecular flexibility index (Phi) is 7.05. The lowest BCUT2D eigenvalue weighted by Crippen LogP contribution is -2.47. The second-order valence-electron chi connectivity index (χ2n) is 7.24. The highest BCUT2D eigenvalue weighted by Gasteiger charge is 2.22. The van der Waals surface area contributed by atoms with Gasteiger partial charge in [0.25, 0.3) is 0 Å². The molecule has 2 fully saturated rings. The van der Waals surface area contributed by atoms with Crippen LogP contribution in [-0.2, 0) is 21.3 Å². The first-order valence-electron chi connectivity index (χ1n) is 9.73. The SMILES string of the molecule is CCN1CCOC(CNS(=O)(=O)c2ccc(CNC3CCCC3)cc2)C1. The van der Waals surface area contributed by atoms with Crippen molar-refractivity contribution in [1.29, 1.82) is 0 Å². The number of likely N-dealkylation sites (N-methyl/N-ethyl adjacent to an activating group) is 1. The van der Waals surface area contributed by atoms with E-state index in [2.05, 4.69) is 21.9 Å². The highest BCUT2D eigenvalue weighted by Crippen LogP contribution is 2.18. The average molecular weight is 382 g/mol. The molecule has 146 valence electrons. The van der Waals surface area contributed by atoms with Gasteiger partial charge in [0.15, 0.2) is 0 Å². The fourth-order valence-corrected chi connectivity index (χ4v) is 4.72. The molecule has 1 saturated carbocycles. The van der Waals surface area contributed by atoms with Crippen LogP contribution in [0.25, 0.3) is 0 Å². The predicted octanol–water partition coefficient (Wildman–Crippen LogP) is 1.72. The molecular formula is C19H31N3O3S. The Morgan fingerprint density at radius 1 is 1.19 bits per heavy atom. The van der Waals surface area contributed by atoms with Crippen molar-refractivity contribution in [3.8, 4) is 0 Å². The Morgan fingerprint density at radius 3 is 2.62 bits per heavy atom. The number of nitrogens with zero attached hydrogens (tertiary/aromatic N) is 1. The van der Waals surface area contributed by atoms with E-state index < -0.39 is 10.0 Å². The zero-order valence-electron chi connectivity index (χ0n) is 15.6. The number of rotatable bonds is 8. The molecule has 6 nitrogen and oxygen atoms in total. The molecule has 0 amide bonds. The van der Waals surface area contributed by atoms with E-state index in [9.17, 15) is 8.42 Å². The van der Waals surface area contributed by atoms with E-state index in [4.69, 9.17) is 4.74 Å². The van der Waals surface area contributed by atoms with Gasteiger partial charge in [-0.15, -0.1) is 0 Å². The van der Waals surface area contributed by atoms with Crippen molar-refractivity contribution in [2.75, 3.05) is 32.8 Å². The van der Waals surface area contributed by atoms with E-state index in [1.54, 1.807) is 12.1 Å². The first-order chi connectivity index (χ1) is 12.6. The van der Waals surface area contributed by atoms with Crippen molar-refractivity contribution in [3.05, 3.63) is 29.8 Å². The molecule has 1 atom stereocenters. The molecule has 26 heavy (non-hydrogen) atoms. The molecule has 1 aliphatic carbocycles. The van der Waals surface area contributed by atoms with Gasteiger partial charge in [0.2, 0.25) is 10.0 Å². The highest BCUT2D eigenvalue weighted by molar-refractivity contribution is 7.89.